The number of rotatable bonds is 8. The van der Waals surface area contributed by atoms with Crippen molar-refractivity contribution < 1.29 is 14.6 Å². The molecule has 1 amide bonds. The van der Waals surface area contributed by atoms with Gasteiger partial charge in [0.25, 0.3) is 0 Å². The number of nitrogens with one attached hydrogen (secondary N) is 2. The second kappa shape index (κ2) is 9.88. The summed E-state index contributed by atoms with van der Waals surface area (Å²) in [4.78, 5) is 19.8. The molecular formula is C21H21BrN4O3. The maximum absolute atomic E-state index is 10.5. The van der Waals surface area contributed by atoms with E-state index in [1.165, 1.54) is 0 Å². The zero-order valence-electron chi connectivity index (χ0n) is 15.9. The quantitative estimate of drug-likeness (QED) is 0.427. The zero-order valence-corrected chi connectivity index (χ0v) is 17.4. The number of fused-ring (bicyclic) bond motifs is 1. The van der Waals surface area contributed by atoms with Crippen molar-refractivity contribution >= 4 is 50.9 Å². The van der Waals surface area contributed by atoms with Crippen LogP contribution in [0.5, 0.6) is 5.75 Å². The van der Waals surface area contributed by atoms with Crippen LogP contribution in [0.25, 0.3) is 23.1 Å². The summed E-state index contributed by atoms with van der Waals surface area (Å²) in [6.45, 7) is 0.958. The highest BCUT2D eigenvalue weighted by Gasteiger charge is 2.07. The van der Waals surface area contributed by atoms with Gasteiger partial charge in [0.2, 0.25) is 0 Å². The third kappa shape index (κ3) is 5.92. The fourth-order valence-corrected chi connectivity index (χ4v) is 3.07. The van der Waals surface area contributed by atoms with Crippen LogP contribution in [-0.4, -0.2) is 41.4 Å². The number of anilines is 1. The van der Waals surface area contributed by atoms with Gasteiger partial charge in [0, 0.05) is 22.9 Å². The minimum absolute atomic E-state index is 0.374. The standard InChI is InChI=1S/C21H21BrN4O3/c1-29-16-7-3-14(4-8-16)5-10-19-25-18-9-6-15(22)13-17(18)20(26-19)23-11-2-12-24-21(27)28/h3-10,13,24H,2,11-12H2,1H3,(H,27,28)(H,23,25,26). The molecule has 0 saturated carbocycles. The Morgan fingerprint density at radius 3 is 2.66 bits per heavy atom. The van der Waals surface area contributed by atoms with E-state index in [9.17, 15) is 4.79 Å². The molecule has 0 unspecified atom stereocenters. The molecule has 0 radical (unpaired) electrons. The molecule has 3 N–H and O–H groups in total. The predicted octanol–water partition coefficient (Wildman–Crippen LogP) is 4.64. The summed E-state index contributed by atoms with van der Waals surface area (Å²) < 4.78 is 6.11. The van der Waals surface area contributed by atoms with Crippen molar-refractivity contribution in [2.75, 3.05) is 25.5 Å². The zero-order chi connectivity index (χ0) is 20.6. The molecule has 29 heavy (non-hydrogen) atoms. The number of ether oxygens (including phenoxy) is 1. The van der Waals surface area contributed by atoms with Crippen LogP contribution in [0, 0.1) is 0 Å². The minimum Gasteiger partial charge on any atom is -0.497 e. The van der Waals surface area contributed by atoms with E-state index in [1.54, 1.807) is 7.11 Å². The van der Waals surface area contributed by atoms with E-state index >= 15 is 0 Å². The molecule has 1 aromatic heterocycles. The van der Waals surface area contributed by atoms with Gasteiger partial charge in [-0.2, -0.15) is 0 Å². The Bertz CT molecular complexity index is 1020. The third-order valence-corrected chi connectivity index (χ3v) is 4.63. The molecule has 2 aromatic carbocycles. The number of benzene rings is 2. The van der Waals surface area contributed by atoms with E-state index in [0.717, 1.165) is 26.7 Å². The first-order valence-corrected chi connectivity index (χ1v) is 9.84. The average molecular weight is 457 g/mol. The number of methoxy groups -OCH3 is 1. The Hall–Kier alpha value is -3.13. The van der Waals surface area contributed by atoms with Gasteiger partial charge in [-0.3, -0.25) is 0 Å². The smallest absolute Gasteiger partial charge is 0.404 e. The molecule has 0 fully saturated rings. The van der Waals surface area contributed by atoms with E-state index in [1.807, 2.05) is 54.6 Å². The second-order valence-corrected chi connectivity index (χ2v) is 7.13. The van der Waals surface area contributed by atoms with E-state index in [0.29, 0.717) is 31.2 Å². The van der Waals surface area contributed by atoms with Crippen LogP contribution in [0.3, 0.4) is 0 Å². The summed E-state index contributed by atoms with van der Waals surface area (Å²) in [6, 6.07) is 13.6. The van der Waals surface area contributed by atoms with Crippen molar-refractivity contribution in [3.05, 3.63) is 58.3 Å². The number of hydrogen-bond donors (Lipinski definition) is 3. The highest BCUT2D eigenvalue weighted by Crippen LogP contribution is 2.25. The molecule has 3 rings (SSSR count). The maximum atomic E-state index is 10.5. The number of nitrogens with zero attached hydrogens (tertiary/aromatic N) is 2. The lowest BCUT2D eigenvalue weighted by Gasteiger charge is -2.10. The first-order chi connectivity index (χ1) is 14.0. The Kier molecular flexibility index (Phi) is 7.02. The maximum Gasteiger partial charge on any atom is 0.404 e. The van der Waals surface area contributed by atoms with Crippen LogP contribution in [0.2, 0.25) is 0 Å². The van der Waals surface area contributed by atoms with Gasteiger partial charge < -0.3 is 20.5 Å². The van der Waals surface area contributed by atoms with Crippen molar-refractivity contribution in [1.29, 1.82) is 0 Å². The van der Waals surface area contributed by atoms with E-state index < -0.39 is 6.09 Å². The molecule has 0 aliphatic rings. The first-order valence-electron chi connectivity index (χ1n) is 9.05. The highest BCUT2D eigenvalue weighted by atomic mass is 79.9. The van der Waals surface area contributed by atoms with Gasteiger partial charge in [-0.25, -0.2) is 14.8 Å². The number of aromatic nitrogens is 2. The van der Waals surface area contributed by atoms with E-state index in [4.69, 9.17) is 9.84 Å². The van der Waals surface area contributed by atoms with Gasteiger partial charge in [-0.1, -0.05) is 34.1 Å². The van der Waals surface area contributed by atoms with Crippen molar-refractivity contribution in [1.82, 2.24) is 15.3 Å². The van der Waals surface area contributed by atoms with Crippen LogP contribution in [0.4, 0.5) is 10.6 Å². The Morgan fingerprint density at radius 1 is 1.14 bits per heavy atom. The molecule has 3 aromatic rings. The molecule has 0 aliphatic carbocycles. The molecule has 0 saturated heterocycles. The summed E-state index contributed by atoms with van der Waals surface area (Å²) >= 11 is 3.48. The minimum atomic E-state index is -1.02. The van der Waals surface area contributed by atoms with Gasteiger partial charge in [0.05, 0.1) is 12.6 Å². The van der Waals surface area contributed by atoms with Crippen LogP contribution in [0.1, 0.15) is 17.8 Å². The van der Waals surface area contributed by atoms with E-state index in [2.05, 4.69) is 36.5 Å². The first kappa shape index (κ1) is 20.6. The van der Waals surface area contributed by atoms with Crippen LogP contribution in [-0.2, 0) is 0 Å². The third-order valence-electron chi connectivity index (χ3n) is 4.14. The van der Waals surface area contributed by atoms with Crippen LogP contribution in [0.15, 0.2) is 46.9 Å². The van der Waals surface area contributed by atoms with Crippen molar-refractivity contribution in [2.24, 2.45) is 0 Å². The fraction of sp³-hybridized carbons (Fsp3) is 0.190. The summed E-state index contributed by atoms with van der Waals surface area (Å²) in [5, 5.41) is 15.2. The fourth-order valence-electron chi connectivity index (χ4n) is 2.70. The van der Waals surface area contributed by atoms with Gasteiger partial charge in [0.1, 0.15) is 11.6 Å². The molecule has 0 atom stereocenters. The van der Waals surface area contributed by atoms with Crippen LogP contribution >= 0.6 is 15.9 Å². The molecule has 7 nitrogen and oxygen atoms in total. The SMILES string of the molecule is COc1ccc(C=Cc2nc(NCCCNC(=O)O)c3cc(Br)ccc3n2)cc1. The monoisotopic (exact) mass is 456 g/mol. The molecule has 8 heteroatoms. The molecule has 0 aliphatic heterocycles. The number of carboxylic acid groups (broad SMARTS) is 1. The van der Waals surface area contributed by atoms with E-state index in [-0.39, 0.29) is 0 Å². The lowest BCUT2D eigenvalue weighted by molar-refractivity contribution is 0.194. The van der Waals surface area contributed by atoms with Crippen LogP contribution < -0.4 is 15.4 Å². The Morgan fingerprint density at radius 2 is 1.93 bits per heavy atom. The topological polar surface area (TPSA) is 96.4 Å². The van der Waals surface area contributed by atoms with Crippen molar-refractivity contribution in [2.45, 2.75) is 6.42 Å². The Labute approximate surface area is 177 Å². The Balaban J connectivity index is 1.80. The number of amides is 1. The highest BCUT2D eigenvalue weighted by molar-refractivity contribution is 9.10. The van der Waals surface area contributed by atoms with Gasteiger partial charge in [-0.05, 0) is 48.4 Å². The predicted molar refractivity (Wildman–Crippen MR) is 118 cm³/mol. The van der Waals surface area contributed by atoms with Gasteiger partial charge in [0.15, 0.2) is 5.82 Å². The molecule has 150 valence electrons. The number of hydrogen-bond acceptors (Lipinski definition) is 5. The lowest BCUT2D eigenvalue weighted by atomic mass is 10.2. The summed E-state index contributed by atoms with van der Waals surface area (Å²) in [7, 11) is 1.64. The average Bonchev–Trinajstić information content (AvgIpc) is 2.72. The molecular weight excluding hydrogens is 436 g/mol. The largest absolute Gasteiger partial charge is 0.497 e. The van der Waals surface area contributed by atoms with Gasteiger partial charge in [-0.15, -0.1) is 0 Å². The summed E-state index contributed by atoms with van der Waals surface area (Å²) in [5.74, 6) is 2.10. The summed E-state index contributed by atoms with van der Waals surface area (Å²) in [5.41, 5.74) is 1.84. The number of halogens is 1. The summed E-state index contributed by atoms with van der Waals surface area (Å²) in [6.07, 6.45) is 3.43. The van der Waals surface area contributed by atoms with Crippen molar-refractivity contribution in [3.63, 3.8) is 0 Å². The molecule has 0 bridgehead atoms. The normalized spacial score (nSPS) is 11.0. The molecule has 1 heterocycles. The lowest BCUT2D eigenvalue weighted by Crippen LogP contribution is -2.23. The number of carbonyl (C=O) groups is 1. The second-order valence-electron chi connectivity index (χ2n) is 6.21. The van der Waals surface area contributed by atoms with Gasteiger partial charge >= 0.3 is 6.09 Å². The van der Waals surface area contributed by atoms with Crippen molar-refractivity contribution in [3.8, 4) is 5.75 Å². The molecule has 0 spiro atoms.